The molecule has 0 saturated heterocycles. The molecule has 0 radical (unpaired) electrons. The van der Waals surface area contributed by atoms with Gasteiger partial charge in [-0.1, -0.05) is 6.07 Å². The van der Waals surface area contributed by atoms with Gasteiger partial charge in [0.25, 0.3) is 0 Å². The van der Waals surface area contributed by atoms with Crippen LogP contribution >= 0.6 is 15.9 Å². The lowest BCUT2D eigenvalue weighted by molar-refractivity contribution is 0.474. The first-order valence-corrected chi connectivity index (χ1v) is 6.60. The predicted octanol–water partition coefficient (Wildman–Crippen LogP) is 3.48. The number of nitrogens with zero attached hydrogens (tertiary/aromatic N) is 2. The van der Waals surface area contributed by atoms with E-state index in [9.17, 15) is 0 Å². The summed E-state index contributed by atoms with van der Waals surface area (Å²) in [5.41, 5.74) is 6.65. The minimum atomic E-state index is 0.324. The molecule has 0 aliphatic carbocycles. The van der Waals surface area contributed by atoms with Crippen molar-refractivity contribution in [2.75, 3.05) is 0 Å². The first kappa shape index (κ1) is 13.1. The van der Waals surface area contributed by atoms with Gasteiger partial charge in [0.15, 0.2) is 5.75 Å². The lowest BCUT2D eigenvalue weighted by atomic mass is 10.2. The molecule has 0 amide bonds. The van der Waals surface area contributed by atoms with E-state index < -0.39 is 0 Å². The third-order valence-electron chi connectivity index (χ3n) is 2.57. The van der Waals surface area contributed by atoms with Crippen molar-refractivity contribution in [3.05, 3.63) is 40.6 Å². The second-order valence-corrected chi connectivity index (χ2v) is 5.18. The zero-order valence-electron chi connectivity index (χ0n) is 10.4. The van der Waals surface area contributed by atoms with E-state index in [-0.39, 0.29) is 0 Å². The Balaban J connectivity index is 2.17. The topological polar surface area (TPSA) is 53.1 Å². The third-order valence-corrected chi connectivity index (χ3v) is 3.19. The van der Waals surface area contributed by atoms with E-state index in [1.165, 1.54) is 0 Å². The summed E-state index contributed by atoms with van der Waals surface area (Å²) in [5, 5.41) is 4.23. The van der Waals surface area contributed by atoms with Crippen molar-refractivity contribution < 1.29 is 4.74 Å². The molecule has 1 heterocycles. The standard InChI is InChI=1S/C13H16BrN3O/c1-9(2)17-8-11(7-16-17)18-13-4-3-10(6-15)5-12(13)14/h3-5,7-9H,6,15H2,1-2H3. The van der Waals surface area contributed by atoms with Crippen LogP contribution in [0.3, 0.4) is 0 Å². The van der Waals surface area contributed by atoms with E-state index in [2.05, 4.69) is 34.9 Å². The Kier molecular flexibility index (Phi) is 4.04. The van der Waals surface area contributed by atoms with Gasteiger partial charge in [-0.05, 0) is 47.5 Å². The second-order valence-electron chi connectivity index (χ2n) is 4.32. The van der Waals surface area contributed by atoms with Gasteiger partial charge in [0.05, 0.1) is 16.9 Å². The van der Waals surface area contributed by atoms with Gasteiger partial charge in [-0.15, -0.1) is 0 Å². The first-order valence-electron chi connectivity index (χ1n) is 5.80. The maximum absolute atomic E-state index is 5.77. The fourth-order valence-corrected chi connectivity index (χ4v) is 2.04. The van der Waals surface area contributed by atoms with Crippen LogP contribution in [0.4, 0.5) is 0 Å². The Bertz CT molecular complexity index is 537. The highest BCUT2D eigenvalue weighted by atomic mass is 79.9. The smallest absolute Gasteiger partial charge is 0.165 e. The van der Waals surface area contributed by atoms with Gasteiger partial charge >= 0.3 is 0 Å². The van der Waals surface area contributed by atoms with Crippen molar-refractivity contribution in [2.45, 2.75) is 26.4 Å². The van der Waals surface area contributed by atoms with Crippen molar-refractivity contribution in [1.29, 1.82) is 0 Å². The van der Waals surface area contributed by atoms with Gasteiger partial charge in [0.1, 0.15) is 5.75 Å². The van der Waals surface area contributed by atoms with E-state index in [0.29, 0.717) is 12.6 Å². The van der Waals surface area contributed by atoms with E-state index in [1.54, 1.807) is 6.20 Å². The van der Waals surface area contributed by atoms with Crippen LogP contribution in [0.25, 0.3) is 0 Å². The molecule has 0 aliphatic heterocycles. The lowest BCUT2D eigenvalue weighted by Crippen LogP contribution is -1.99. The quantitative estimate of drug-likeness (QED) is 0.940. The van der Waals surface area contributed by atoms with Gasteiger partial charge < -0.3 is 10.5 Å². The van der Waals surface area contributed by atoms with Gasteiger partial charge in [0, 0.05) is 12.6 Å². The highest BCUT2D eigenvalue weighted by Crippen LogP contribution is 2.30. The number of ether oxygens (including phenoxy) is 1. The fourth-order valence-electron chi connectivity index (χ4n) is 1.54. The molecule has 0 aliphatic rings. The van der Waals surface area contributed by atoms with Crippen LogP contribution in [0.1, 0.15) is 25.5 Å². The van der Waals surface area contributed by atoms with E-state index in [4.69, 9.17) is 10.5 Å². The zero-order chi connectivity index (χ0) is 13.1. The van der Waals surface area contributed by atoms with Crippen LogP contribution in [0.2, 0.25) is 0 Å². The molecule has 0 spiro atoms. The molecule has 4 nitrogen and oxygen atoms in total. The van der Waals surface area contributed by atoms with Crippen molar-refractivity contribution in [3.8, 4) is 11.5 Å². The largest absolute Gasteiger partial charge is 0.453 e. The monoisotopic (exact) mass is 309 g/mol. The Morgan fingerprint density at radius 2 is 2.22 bits per heavy atom. The van der Waals surface area contributed by atoms with Crippen molar-refractivity contribution >= 4 is 15.9 Å². The molecule has 5 heteroatoms. The molecule has 2 aromatic rings. The summed E-state index contributed by atoms with van der Waals surface area (Å²) >= 11 is 3.47. The Labute approximate surface area is 115 Å². The van der Waals surface area contributed by atoms with Gasteiger partial charge in [-0.3, -0.25) is 4.68 Å². The van der Waals surface area contributed by atoms with Crippen LogP contribution in [0.15, 0.2) is 35.1 Å². The molecule has 96 valence electrons. The Morgan fingerprint density at radius 1 is 1.44 bits per heavy atom. The van der Waals surface area contributed by atoms with Crippen LogP contribution in [-0.4, -0.2) is 9.78 Å². The molecule has 2 rings (SSSR count). The van der Waals surface area contributed by atoms with Crippen LogP contribution < -0.4 is 10.5 Å². The maximum Gasteiger partial charge on any atom is 0.165 e. The van der Waals surface area contributed by atoms with Crippen molar-refractivity contribution in [1.82, 2.24) is 9.78 Å². The number of hydrogen-bond donors (Lipinski definition) is 1. The summed E-state index contributed by atoms with van der Waals surface area (Å²) < 4.78 is 8.52. The van der Waals surface area contributed by atoms with E-state index >= 15 is 0 Å². The minimum Gasteiger partial charge on any atom is -0.453 e. The van der Waals surface area contributed by atoms with Gasteiger partial charge in [-0.25, -0.2) is 0 Å². The number of aromatic nitrogens is 2. The van der Waals surface area contributed by atoms with Crippen molar-refractivity contribution in [2.24, 2.45) is 5.73 Å². The fraction of sp³-hybridized carbons (Fsp3) is 0.308. The van der Waals surface area contributed by atoms with Crippen LogP contribution in [0, 0.1) is 0 Å². The van der Waals surface area contributed by atoms with E-state index in [0.717, 1.165) is 21.5 Å². The van der Waals surface area contributed by atoms with Crippen LogP contribution in [0.5, 0.6) is 11.5 Å². The molecular weight excluding hydrogens is 294 g/mol. The second kappa shape index (κ2) is 5.54. The molecule has 18 heavy (non-hydrogen) atoms. The van der Waals surface area contributed by atoms with Crippen LogP contribution in [-0.2, 0) is 6.54 Å². The summed E-state index contributed by atoms with van der Waals surface area (Å²) in [6.07, 6.45) is 3.59. The molecule has 0 unspecified atom stereocenters. The molecule has 0 bridgehead atoms. The summed E-state index contributed by atoms with van der Waals surface area (Å²) in [6.45, 7) is 4.66. The number of nitrogens with two attached hydrogens (primary N) is 1. The van der Waals surface area contributed by atoms with E-state index in [1.807, 2.05) is 29.1 Å². The summed E-state index contributed by atoms with van der Waals surface area (Å²) in [6, 6.07) is 6.14. The number of halogens is 1. The maximum atomic E-state index is 5.77. The average molecular weight is 310 g/mol. The SMILES string of the molecule is CC(C)n1cc(Oc2ccc(CN)cc2Br)cn1. The predicted molar refractivity (Wildman–Crippen MR) is 74.7 cm³/mol. The molecule has 1 aromatic heterocycles. The molecule has 1 aromatic carbocycles. The molecular formula is C13H16BrN3O. The highest BCUT2D eigenvalue weighted by Gasteiger charge is 2.07. The summed E-state index contributed by atoms with van der Waals surface area (Å²) in [7, 11) is 0. The first-order chi connectivity index (χ1) is 8.60. The lowest BCUT2D eigenvalue weighted by Gasteiger charge is -2.07. The molecule has 0 fully saturated rings. The van der Waals surface area contributed by atoms with Gasteiger partial charge in [-0.2, -0.15) is 5.10 Å². The number of benzene rings is 1. The molecule has 0 atom stereocenters. The molecule has 2 N–H and O–H groups in total. The Hall–Kier alpha value is -1.33. The average Bonchev–Trinajstić information content (AvgIpc) is 2.80. The number of rotatable bonds is 4. The van der Waals surface area contributed by atoms with Crippen molar-refractivity contribution in [3.63, 3.8) is 0 Å². The highest BCUT2D eigenvalue weighted by molar-refractivity contribution is 9.10. The number of hydrogen-bond acceptors (Lipinski definition) is 3. The third kappa shape index (κ3) is 2.91. The zero-order valence-corrected chi connectivity index (χ0v) is 12.0. The molecule has 0 saturated carbocycles. The summed E-state index contributed by atoms with van der Waals surface area (Å²) in [4.78, 5) is 0. The Morgan fingerprint density at radius 3 is 2.78 bits per heavy atom. The minimum absolute atomic E-state index is 0.324. The normalized spacial score (nSPS) is 10.9. The van der Waals surface area contributed by atoms with Gasteiger partial charge in [0.2, 0.25) is 0 Å². The summed E-state index contributed by atoms with van der Waals surface area (Å²) in [5.74, 6) is 1.49.